The molecule has 30 heavy (non-hydrogen) atoms. The largest absolute Gasteiger partial charge is 0.495 e. The summed E-state index contributed by atoms with van der Waals surface area (Å²) in [4.78, 5) is 8.68. The molecule has 1 aliphatic heterocycles. The monoisotopic (exact) mass is 434 g/mol. The summed E-state index contributed by atoms with van der Waals surface area (Å²) in [6.45, 7) is 8.83. The minimum atomic E-state index is 0.00942. The third-order valence-electron chi connectivity index (χ3n) is 5.14. The number of halogens is 1. The topological polar surface area (TPSA) is 106 Å². The fourth-order valence-electron chi connectivity index (χ4n) is 4.31. The van der Waals surface area contributed by atoms with Gasteiger partial charge in [0.2, 0.25) is 0 Å². The van der Waals surface area contributed by atoms with E-state index in [1.54, 1.807) is 26.4 Å². The molecular weight excluding hydrogens is 404 g/mol. The van der Waals surface area contributed by atoms with Crippen molar-refractivity contribution in [1.82, 2.24) is 15.3 Å². The summed E-state index contributed by atoms with van der Waals surface area (Å²) in [6, 6.07) is 3.65. The molecule has 164 valence electrons. The lowest BCUT2D eigenvalue weighted by molar-refractivity contribution is 0.170. The second kappa shape index (κ2) is 8.35. The van der Waals surface area contributed by atoms with Crippen LogP contribution in [0.25, 0.3) is 0 Å². The third kappa shape index (κ3) is 4.99. The maximum absolute atomic E-state index is 6.41. The number of hydrogen-bond donors (Lipinski definition) is 4. The highest BCUT2D eigenvalue weighted by atomic mass is 35.5. The average Bonchev–Trinajstić information content (AvgIpc) is 2.62. The molecule has 2 aromatic rings. The summed E-state index contributed by atoms with van der Waals surface area (Å²) in [6.07, 6.45) is 3.38. The molecule has 0 atom stereocenters. The number of aromatic nitrogens is 2. The van der Waals surface area contributed by atoms with Crippen LogP contribution in [0, 0.1) is 0 Å². The molecule has 1 fully saturated rings. The molecule has 2 heterocycles. The number of ether oxygens (including phenoxy) is 2. The van der Waals surface area contributed by atoms with Gasteiger partial charge in [0.05, 0.1) is 24.9 Å². The van der Waals surface area contributed by atoms with Gasteiger partial charge in [0.25, 0.3) is 0 Å². The van der Waals surface area contributed by atoms with Gasteiger partial charge >= 0.3 is 0 Å². The van der Waals surface area contributed by atoms with E-state index < -0.39 is 0 Å². The number of nitrogens with zero attached hydrogens (tertiary/aromatic N) is 2. The molecule has 5 N–H and O–H groups in total. The number of methoxy groups -OCH3 is 2. The molecule has 0 aliphatic carbocycles. The highest BCUT2D eigenvalue weighted by Gasteiger charge is 2.38. The second-order valence-electron chi connectivity index (χ2n) is 8.94. The fourth-order valence-corrected chi connectivity index (χ4v) is 4.55. The Hall–Kier alpha value is -2.45. The summed E-state index contributed by atoms with van der Waals surface area (Å²) in [7, 11) is 3.13. The zero-order valence-corrected chi connectivity index (χ0v) is 19.1. The Balaban J connectivity index is 1.85. The molecular formula is C21H31ClN6O2. The number of nitrogens with one attached hydrogen (secondary N) is 3. The predicted molar refractivity (Wildman–Crippen MR) is 122 cm³/mol. The first-order valence-corrected chi connectivity index (χ1v) is 10.3. The summed E-state index contributed by atoms with van der Waals surface area (Å²) in [5.41, 5.74) is 7.48. The van der Waals surface area contributed by atoms with Crippen LogP contribution in [0.15, 0.2) is 18.5 Å². The first-order chi connectivity index (χ1) is 14.0. The molecule has 3 rings (SSSR count). The van der Waals surface area contributed by atoms with Crippen LogP contribution in [-0.4, -0.2) is 41.3 Å². The SMILES string of the molecule is COc1cc(OC)c(Nc2ncnc(NC3CC(C)(C)NC(C)(C)C3)c2N)cc1Cl. The lowest BCUT2D eigenvalue weighted by Gasteiger charge is -2.46. The van der Waals surface area contributed by atoms with E-state index in [4.69, 9.17) is 26.8 Å². The Bertz CT molecular complexity index is 903. The van der Waals surface area contributed by atoms with Crippen molar-refractivity contribution in [3.8, 4) is 11.5 Å². The van der Waals surface area contributed by atoms with Gasteiger partial charge in [-0.3, -0.25) is 0 Å². The summed E-state index contributed by atoms with van der Waals surface area (Å²) in [5, 5.41) is 10.8. The van der Waals surface area contributed by atoms with Crippen LogP contribution >= 0.6 is 11.6 Å². The zero-order valence-electron chi connectivity index (χ0n) is 18.4. The molecule has 0 radical (unpaired) electrons. The number of anilines is 4. The van der Waals surface area contributed by atoms with Crippen molar-refractivity contribution in [3.63, 3.8) is 0 Å². The maximum Gasteiger partial charge on any atom is 0.159 e. The lowest BCUT2D eigenvalue weighted by atomic mass is 9.79. The molecule has 0 bridgehead atoms. The standard InChI is InChI=1S/C21H31ClN6O2/c1-20(2)9-12(10-21(3,4)28-20)26-18-17(23)19(25-11-24-18)27-14-7-13(22)15(29-5)8-16(14)30-6/h7-8,11-12,28H,9-10,23H2,1-6H3,(H2,24,25,26,27). The van der Waals surface area contributed by atoms with Gasteiger partial charge in [-0.2, -0.15) is 0 Å². The highest BCUT2D eigenvalue weighted by Crippen LogP contribution is 2.39. The molecule has 0 spiro atoms. The maximum atomic E-state index is 6.41. The summed E-state index contributed by atoms with van der Waals surface area (Å²) < 4.78 is 10.7. The van der Waals surface area contributed by atoms with Crippen LogP contribution in [0.1, 0.15) is 40.5 Å². The summed E-state index contributed by atoms with van der Waals surface area (Å²) in [5.74, 6) is 2.16. The first-order valence-electron chi connectivity index (χ1n) is 9.88. The van der Waals surface area contributed by atoms with Gasteiger partial charge in [-0.15, -0.1) is 0 Å². The minimum Gasteiger partial charge on any atom is -0.495 e. The van der Waals surface area contributed by atoms with Crippen molar-refractivity contribution in [2.45, 2.75) is 57.7 Å². The first kappa shape index (κ1) is 22.2. The lowest BCUT2D eigenvalue weighted by Crippen LogP contribution is -2.60. The van der Waals surface area contributed by atoms with E-state index in [2.05, 4.69) is 53.6 Å². The molecule has 0 saturated carbocycles. The van der Waals surface area contributed by atoms with E-state index in [1.807, 2.05) is 0 Å². The molecule has 1 saturated heterocycles. The molecule has 0 unspecified atom stereocenters. The van der Waals surface area contributed by atoms with E-state index >= 15 is 0 Å². The van der Waals surface area contributed by atoms with Crippen LogP contribution in [-0.2, 0) is 0 Å². The Kier molecular flexibility index (Phi) is 6.19. The minimum absolute atomic E-state index is 0.00942. The van der Waals surface area contributed by atoms with Gasteiger partial charge in [-0.1, -0.05) is 11.6 Å². The van der Waals surface area contributed by atoms with Crippen molar-refractivity contribution in [1.29, 1.82) is 0 Å². The van der Waals surface area contributed by atoms with Crippen molar-refractivity contribution < 1.29 is 9.47 Å². The van der Waals surface area contributed by atoms with E-state index in [1.165, 1.54) is 6.33 Å². The number of piperidine rings is 1. The molecule has 1 aliphatic rings. The van der Waals surface area contributed by atoms with Gasteiger partial charge < -0.3 is 31.2 Å². The second-order valence-corrected chi connectivity index (χ2v) is 9.35. The van der Waals surface area contributed by atoms with E-state index in [-0.39, 0.29) is 17.1 Å². The third-order valence-corrected chi connectivity index (χ3v) is 5.44. The van der Waals surface area contributed by atoms with Gasteiger partial charge in [-0.05, 0) is 46.6 Å². The van der Waals surface area contributed by atoms with Gasteiger partial charge in [0, 0.05) is 23.2 Å². The normalized spacial score (nSPS) is 18.0. The highest BCUT2D eigenvalue weighted by molar-refractivity contribution is 6.32. The fraction of sp³-hybridized carbons (Fsp3) is 0.524. The van der Waals surface area contributed by atoms with Crippen LogP contribution in [0.3, 0.4) is 0 Å². The van der Waals surface area contributed by atoms with Crippen molar-refractivity contribution >= 4 is 34.6 Å². The Morgan fingerprint density at radius 2 is 1.63 bits per heavy atom. The smallest absolute Gasteiger partial charge is 0.159 e. The number of rotatable bonds is 6. The predicted octanol–water partition coefficient (Wildman–Crippen LogP) is 4.19. The number of nitrogens with two attached hydrogens (primary N) is 1. The molecule has 9 heteroatoms. The Morgan fingerprint density at radius 1 is 1.03 bits per heavy atom. The molecule has 1 aromatic heterocycles. The zero-order chi connectivity index (χ0) is 22.1. The summed E-state index contributed by atoms with van der Waals surface area (Å²) >= 11 is 6.28. The quantitative estimate of drug-likeness (QED) is 0.536. The van der Waals surface area contributed by atoms with Gasteiger partial charge in [0.15, 0.2) is 11.6 Å². The molecule has 0 amide bonds. The number of hydrogen-bond acceptors (Lipinski definition) is 8. The Morgan fingerprint density at radius 3 is 2.23 bits per heavy atom. The Labute approximate surface area is 182 Å². The van der Waals surface area contributed by atoms with E-state index in [9.17, 15) is 0 Å². The van der Waals surface area contributed by atoms with E-state index in [0.29, 0.717) is 39.5 Å². The van der Waals surface area contributed by atoms with Crippen molar-refractivity contribution in [2.75, 3.05) is 30.6 Å². The molecule has 8 nitrogen and oxygen atoms in total. The van der Waals surface area contributed by atoms with Crippen molar-refractivity contribution in [2.24, 2.45) is 0 Å². The van der Waals surface area contributed by atoms with E-state index in [0.717, 1.165) is 12.8 Å². The molecule has 1 aromatic carbocycles. The van der Waals surface area contributed by atoms with Gasteiger partial charge in [0.1, 0.15) is 23.5 Å². The van der Waals surface area contributed by atoms with Crippen LogP contribution < -0.4 is 31.2 Å². The van der Waals surface area contributed by atoms with Crippen LogP contribution in [0.2, 0.25) is 5.02 Å². The van der Waals surface area contributed by atoms with Crippen molar-refractivity contribution in [3.05, 3.63) is 23.5 Å². The van der Waals surface area contributed by atoms with Crippen LogP contribution in [0.4, 0.5) is 23.0 Å². The number of nitrogen functional groups attached to an aromatic ring is 1. The average molecular weight is 435 g/mol. The number of benzene rings is 1. The van der Waals surface area contributed by atoms with Crippen LogP contribution in [0.5, 0.6) is 11.5 Å². The van der Waals surface area contributed by atoms with Gasteiger partial charge in [-0.25, -0.2) is 9.97 Å².